The van der Waals surface area contributed by atoms with Crippen LogP contribution in [-0.2, 0) is 0 Å². The molecule has 0 aliphatic heterocycles. The number of allylic oxidation sites excluding steroid dienone is 1. The van der Waals surface area contributed by atoms with Crippen LogP contribution in [0, 0.1) is 5.82 Å². The average molecular weight is 237 g/mol. The van der Waals surface area contributed by atoms with Crippen molar-refractivity contribution in [2.45, 2.75) is 13.8 Å². The summed E-state index contributed by atoms with van der Waals surface area (Å²) >= 11 is 0. The molecule has 1 aromatic rings. The zero-order valence-electron chi connectivity index (χ0n) is 9.98. The van der Waals surface area contributed by atoms with E-state index in [0.29, 0.717) is 0 Å². The lowest BCUT2D eigenvalue weighted by Crippen LogP contribution is -2.15. The molecular formula is C13H16FNO2. The summed E-state index contributed by atoms with van der Waals surface area (Å²) in [7, 11) is 0. The molecule has 4 heteroatoms. The number of phenolic OH excluding ortho intramolecular Hbond substituents is 1. The van der Waals surface area contributed by atoms with E-state index in [0.717, 1.165) is 25.2 Å². The molecule has 1 aromatic carbocycles. The van der Waals surface area contributed by atoms with Gasteiger partial charge in [0.05, 0.1) is 5.56 Å². The number of rotatable bonds is 5. The van der Waals surface area contributed by atoms with Crippen LogP contribution in [0.2, 0.25) is 0 Å². The van der Waals surface area contributed by atoms with Crippen molar-refractivity contribution < 1.29 is 14.3 Å². The summed E-state index contributed by atoms with van der Waals surface area (Å²) in [6, 6.07) is 3.32. The first kappa shape index (κ1) is 13.2. The van der Waals surface area contributed by atoms with Gasteiger partial charge in [-0.15, -0.1) is 0 Å². The van der Waals surface area contributed by atoms with E-state index >= 15 is 0 Å². The standard InChI is InChI=1S/C13H16FNO2/c1-3-15(4-2)8-7-13(17)11-9-10(14)5-6-12(11)16/h5-9,16H,3-4H2,1-2H3/b8-7+. The van der Waals surface area contributed by atoms with E-state index in [-0.39, 0.29) is 11.3 Å². The third kappa shape index (κ3) is 3.59. The number of phenols is 1. The van der Waals surface area contributed by atoms with Gasteiger partial charge in [-0.05, 0) is 32.0 Å². The second-order valence-corrected chi connectivity index (χ2v) is 3.56. The van der Waals surface area contributed by atoms with Crippen LogP contribution in [0.5, 0.6) is 5.75 Å². The summed E-state index contributed by atoms with van der Waals surface area (Å²) in [5.41, 5.74) is -0.0200. The van der Waals surface area contributed by atoms with Gasteiger partial charge in [-0.3, -0.25) is 4.79 Å². The highest BCUT2D eigenvalue weighted by Gasteiger charge is 2.09. The topological polar surface area (TPSA) is 40.5 Å². The Morgan fingerprint density at radius 1 is 1.41 bits per heavy atom. The highest BCUT2D eigenvalue weighted by atomic mass is 19.1. The molecule has 0 aromatic heterocycles. The number of nitrogens with zero attached hydrogens (tertiary/aromatic N) is 1. The van der Waals surface area contributed by atoms with E-state index in [2.05, 4.69) is 0 Å². The number of benzene rings is 1. The van der Waals surface area contributed by atoms with Gasteiger partial charge in [0.15, 0.2) is 5.78 Å². The average Bonchev–Trinajstić information content (AvgIpc) is 2.33. The Hall–Kier alpha value is -1.84. The molecule has 0 atom stereocenters. The lowest BCUT2D eigenvalue weighted by Gasteiger charge is -2.14. The van der Waals surface area contributed by atoms with E-state index in [1.54, 1.807) is 6.20 Å². The van der Waals surface area contributed by atoms with Gasteiger partial charge in [-0.25, -0.2) is 4.39 Å². The van der Waals surface area contributed by atoms with Gasteiger partial charge >= 0.3 is 0 Å². The Morgan fingerprint density at radius 3 is 2.65 bits per heavy atom. The highest BCUT2D eigenvalue weighted by molar-refractivity contribution is 6.06. The molecule has 0 saturated heterocycles. The molecule has 0 bridgehead atoms. The molecule has 1 N–H and O–H groups in total. The van der Waals surface area contributed by atoms with Gasteiger partial charge in [0.25, 0.3) is 0 Å². The summed E-state index contributed by atoms with van der Waals surface area (Å²) in [5.74, 6) is -1.16. The van der Waals surface area contributed by atoms with Gasteiger partial charge in [-0.1, -0.05) is 0 Å². The van der Waals surface area contributed by atoms with E-state index < -0.39 is 11.6 Å². The molecular weight excluding hydrogens is 221 g/mol. The molecule has 0 radical (unpaired) electrons. The summed E-state index contributed by atoms with van der Waals surface area (Å²) in [6.07, 6.45) is 2.98. The fourth-order valence-corrected chi connectivity index (χ4v) is 1.40. The molecule has 1 rings (SSSR count). The van der Waals surface area contributed by atoms with Crippen molar-refractivity contribution in [3.05, 3.63) is 41.9 Å². The predicted octanol–water partition coefficient (Wildman–Crippen LogP) is 2.57. The fourth-order valence-electron chi connectivity index (χ4n) is 1.40. The van der Waals surface area contributed by atoms with Crippen LogP contribution < -0.4 is 0 Å². The van der Waals surface area contributed by atoms with Crippen molar-refractivity contribution >= 4 is 5.78 Å². The summed E-state index contributed by atoms with van der Waals surface area (Å²) < 4.78 is 12.9. The van der Waals surface area contributed by atoms with Gasteiger partial charge in [0.1, 0.15) is 11.6 Å². The number of hydrogen-bond acceptors (Lipinski definition) is 3. The van der Waals surface area contributed by atoms with E-state index in [9.17, 15) is 14.3 Å². The lowest BCUT2D eigenvalue weighted by molar-refractivity contribution is 0.104. The molecule has 0 heterocycles. The van der Waals surface area contributed by atoms with Crippen molar-refractivity contribution in [3.63, 3.8) is 0 Å². The van der Waals surface area contributed by atoms with Gasteiger partial charge in [0, 0.05) is 25.4 Å². The van der Waals surface area contributed by atoms with Gasteiger partial charge < -0.3 is 10.0 Å². The molecule has 3 nitrogen and oxygen atoms in total. The van der Waals surface area contributed by atoms with E-state index in [1.807, 2.05) is 18.7 Å². The number of carbonyl (C=O) groups excluding carboxylic acids is 1. The van der Waals surface area contributed by atoms with Crippen molar-refractivity contribution in [2.75, 3.05) is 13.1 Å². The van der Waals surface area contributed by atoms with Gasteiger partial charge in [0.2, 0.25) is 0 Å². The van der Waals surface area contributed by atoms with Crippen LogP contribution >= 0.6 is 0 Å². The first-order chi connectivity index (χ1) is 8.08. The maximum atomic E-state index is 12.9. The number of carbonyl (C=O) groups is 1. The fraction of sp³-hybridized carbons (Fsp3) is 0.308. The Labute approximate surface area is 100 Å². The van der Waals surface area contributed by atoms with Crippen molar-refractivity contribution in [1.82, 2.24) is 4.90 Å². The molecule has 0 fully saturated rings. The smallest absolute Gasteiger partial charge is 0.191 e. The largest absolute Gasteiger partial charge is 0.507 e. The summed E-state index contributed by atoms with van der Waals surface area (Å²) in [6.45, 7) is 5.51. The SMILES string of the molecule is CCN(/C=C/C(=O)c1cc(F)ccc1O)CC. The third-order valence-corrected chi connectivity index (χ3v) is 2.47. The molecule has 0 unspecified atom stereocenters. The van der Waals surface area contributed by atoms with Crippen molar-refractivity contribution in [2.24, 2.45) is 0 Å². The minimum absolute atomic E-state index is 0.0200. The maximum Gasteiger partial charge on any atom is 0.191 e. The minimum Gasteiger partial charge on any atom is -0.507 e. The Morgan fingerprint density at radius 2 is 2.06 bits per heavy atom. The highest BCUT2D eigenvalue weighted by Crippen LogP contribution is 2.18. The summed E-state index contributed by atoms with van der Waals surface area (Å²) in [5, 5.41) is 9.45. The molecule has 17 heavy (non-hydrogen) atoms. The zero-order valence-corrected chi connectivity index (χ0v) is 9.98. The van der Waals surface area contributed by atoms with E-state index in [4.69, 9.17) is 0 Å². The van der Waals surface area contributed by atoms with Crippen LogP contribution in [0.25, 0.3) is 0 Å². The van der Waals surface area contributed by atoms with Crippen LogP contribution in [-0.4, -0.2) is 28.9 Å². The molecule has 0 spiro atoms. The normalized spacial score (nSPS) is 10.8. The maximum absolute atomic E-state index is 12.9. The molecule has 0 amide bonds. The molecule has 92 valence electrons. The number of aromatic hydroxyl groups is 1. The third-order valence-electron chi connectivity index (χ3n) is 2.47. The lowest BCUT2D eigenvalue weighted by atomic mass is 10.1. The van der Waals surface area contributed by atoms with Crippen LogP contribution in [0.15, 0.2) is 30.5 Å². The first-order valence-corrected chi connectivity index (χ1v) is 5.53. The molecule has 0 saturated carbocycles. The Kier molecular flexibility index (Phi) is 4.69. The van der Waals surface area contributed by atoms with Gasteiger partial charge in [-0.2, -0.15) is 0 Å². The Balaban J connectivity index is 2.86. The molecule has 0 aliphatic carbocycles. The van der Waals surface area contributed by atoms with Crippen LogP contribution in [0.1, 0.15) is 24.2 Å². The van der Waals surface area contributed by atoms with Crippen LogP contribution in [0.4, 0.5) is 4.39 Å². The zero-order chi connectivity index (χ0) is 12.8. The monoisotopic (exact) mass is 237 g/mol. The second-order valence-electron chi connectivity index (χ2n) is 3.56. The van der Waals surface area contributed by atoms with E-state index in [1.165, 1.54) is 12.1 Å². The van der Waals surface area contributed by atoms with Crippen molar-refractivity contribution in [3.8, 4) is 5.75 Å². The first-order valence-electron chi connectivity index (χ1n) is 5.53. The number of halogens is 1. The predicted molar refractivity (Wildman–Crippen MR) is 64.5 cm³/mol. The van der Waals surface area contributed by atoms with Crippen LogP contribution in [0.3, 0.4) is 0 Å². The Bertz CT molecular complexity index is 425. The quantitative estimate of drug-likeness (QED) is 0.632. The second kappa shape index (κ2) is 6.03. The van der Waals surface area contributed by atoms with Crippen molar-refractivity contribution in [1.29, 1.82) is 0 Å². The number of hydrogen-bond donors (Lipinski definition) is 1. The minimum atomic E-state index is -0.539. The number of ketones is 1. The molecule has 0 aliphatic rings. The summed E-state index contributed by atoms with van der Waals surface area (Å²) in [4.78, 5) is 13.6.